The zero-order chi connectivity index (χ0) is 32.1. The van der Waals surface area contributed by atoms with E-state index < -0.39 is 0 Å². The summed E-state index contributed by atoms with van der Waals surface area (Å²) in [7, 11) is 0. The van der Waals surface area contributed by atoms with Crippen LogP contribution in [0.3, 0.4) is 0 Å². The van der Waals surface area contributed by atoms with E-state index in [4.69, 9.17) is 15.6 Å². The molecule has 0 fully saturated rings. The van der Waals surface area contributed by atoms with Gasteiger partial charge in [0.2, 0.25) is 5.88 Å². The van der Waals surface area contributed by atoms with E-state index in [9.17, 15) is 0 Å². The van der Waals surface area contributed by atoms with Crippen LogP contribution in [0.15, 0.2) is 94.1 Å². The number of hydrogen-bond acceptors (Lipinski definition) is 4. The number of fused-ring (bicyclic) bond motifs is 7. The van der Waals surface area contributed by atoms with Gasteiger partial charge in [-0.2, -0.15) is 0 Å². The first-order chi connectivity index (χ1) is 23.1. The van der Waals surface area contributed by atoms with Gasteiger partial charge < -0.3 is 19.8 Å². The van der Waals surface area contributed by atoms with Crippen molar-refractivity contribution in [1.29, 1.82) is 0 Å². The number of terminal acetylenes is 1. The molecule has 3 aliphatic carbocycles. The summed E-state index contributed by atoms with van der Waals surface area (Å²) in [5.74, 6) is 6.14. The SMILES string of the molecule is C#C/C(=C1/CCC=C/C1=C(/C)C(=C)c1oc2ccccc2c1/C=C\C)c1c2c(n3c1OC1CCC=CC1C1=C3NCCN1)C=CCC2. The Labute approximate surface area is 277 Å². The summed E-state index contributed by atoms with van der Waals surface area (Å²) in [6, 6.07) is 8.19. The van der Waals surface area contributed by atoms with Crippen molar-refractivity contribution in [3.8, 4) is 18.2 Å². The van der Waals surface area contributed by atoms with Crippen LogP contribution in [0.25, 0.3) is 40.1 Å². The molecule has 2 unspecified atom stereocenters. The first-order valence-corrected chi connectivity index (χ1v) is 17.0. The third-order valence-electron chi connectivity index (χ3n) is 10.2. The van der Waals surface area contributed by atoms with Gasteiger partial charge in [-0.25, -0.2) is 0 Å². The molecule has 0 amide bonds. The molecule has 47 heavy (non-hydrogen) atoms. The van der Waals surface area contributed by atoms with Crippen LogP contribution in [-0.2, 0) is 6.42 Å². The number of allylic oxidation sites excluding steroid dienone is 10. The van der Waals surface area contributed by atoms with E-state index in [2.05, 4.69) is 95.4 Å². The average molecular weight is 620 g/mol. The molecule has 0 radical (unpaired) electrons. The second kappa shape index (κ2) is 11.9. The summed E-state index contributed by atoms with van der Waals surface area (Å²) in [5.41, 5.74) is 11.8. The standard InChI is InChI=1S/C42H41N3O2/c1-5-15-32-31-18-10-13-22-36(31)46-40(32)27(4)26(3)29-16-7-8-17-30(29)28(6-2)38-33-19-9-12-21-35(33)45-41-39(43-24-25-44-41)34-20-11-14-23-37(34)47-42(38)45/h2,5,7,10-13,15-16,18,20-22,34,37,43-44H,4,8-9,14,17,19,23-25H2,1,3H3/b15-5-,29-26+,30-28+. The molecule has 8 rings (SSSR count). The Morgan fingerprint density at radius 1 is 1.06 bits per heavy atom. The molecule has 3 aromatic rings. The predicted octanol–water partition coefficient (Wildman–Crippen LogP) is 9.04. The van der Waals surface area contributed by atoms with Gasteiger partial charge in [-0.3, -0.25) is 4.57 Å². The lowest BCUT2D eigenvalue weighted by atomic mass is 9.83. The van der Waals surface area contributed by atoms with E-state index in [0.717, 1.165) is 119 Å². The first-order valence-electron chi connectivity index (χ1n) is 17.0. The van der Waals surface area contributed by atoms with Gasteiger partial charge in [-0.15, -0.1) is 6.42 Å². The summed E-state index contributed by atoms with van der Waals surface area (Å²) < 4.78 is 15.9. The summed E-state index contributed by atoms with van der Waals surface area (Å²) in [6.07, 6.45) is 30.0. The van der Waals surface area contributed by atoms with Gasteiger partial charge in [0.25, 0.3) is 0 Å². The number of rotatable bonds is 4. The second-order valence-corrected chi connectivity index (χ2v) is 12.9. The van der Waals surface area contributed by atoms with Crippen molar-refractivity contribution >= 4 is 40.1 Å². The molecule has 1 aromatic carbocycles. The third-order valence-corrected chi connectivity index (χ3v) is 10.2. The van der Waals surface area contributed by atoms with Crippen molar-refractivity contribution in [3.63, 3.8) is 0 Å². The number of aromatic nitrogens is 1. The monoisotopic (exact) mass is 619 g/mol. The van der Waals surface area contributed by atoms with Crippen LogP contribution in [0.4, 0.5) is 0 Å². The number of nitrogens with zero attached hydrogens (tertiary/aromatic N) is 1. The minimum absolute atomic E-state index is 0.0302. The molecule has 5 aliphatic rings. The number of furan rings is 1. The molecule has 4 heterocycles. The van der Waals surface area contributed by atoms with Crippen molar-refractivity contribution in [2.75, 3.05) is 13.1 Å². The predicted molar refractivity (Wildman–Crippen MR) is 194 cm³/mol. The molecule has 5 heteroatoms. The minimum Gasteiger partial charge on any atom is -0.474 e. The van der Waals surface area contributed by atoms with Crippen molar-refractivity contribution in [3.05, 3.63) is 118 Å². The quantitative estimate of drug-likeness (QED) is 0.226. The molecule has 5 nitrogen and oxygen atoms in total. The van der Waals surface area contributed by atoms with Gasteiger partial charge in [0.1, 0.15) is 23.3 Å². The van der Waals surface area contributed by atoms with Gasteiger partial charge in [0.05, 0.1) is 22.9 Å². The van der Waals surface area contributed by atoms with Crippen LogP contribution in [0.1, 0.15) is 74.1 Å². The lowest BCUT2D eigenvalue weighted by Crippen LogP contribution is -2.41. The van der Waals surface area contributed by atoms with E-state index in [0.29, 0.717) is 0 Å². The summed E-state index contributed by atoms with van der Waals surface area (Å²) in [5, 5.41) is 8.58. The van der Waals surface area contributed by atoms with Gasteiger partial charge in [0.15, 0.2) is 0 Å². The number of benzene rings is 1. The molecule has 0 bridgehead atoms. The Morgan fingerprint density at radius 2 is 1.89 bits per heavy atom. The van der Waals surface area contributed by atoms with Gasteiger partial charge in [-0.05, 0) is 86.8 Å². The van der Waals surface area contributed by atoms with E-state index in [1.165, 1.54) is 16.8 Å². The lowest BCUT2D eigenvalue weighted by molar-refractivity contribution is 0.149. The summed E-state index contributed by atoms with van der Waals surface area (Å²) >= 11 is 0. The van der Waals surface area contributed by atoms with Crippen LogP contribution in [0, 0.1) is 18.3 Å². The average Bonchev–Trinajstić information content (AvgIpc) is 3.59. The fourth-order valence-corrected chi connectivity index (χ4v) is 7.99. The first kappa shape index (κ1) is 29.3. The van der Waals surface area contributed by atoms with E-state index >= 15 is 0 Å². The summed E-state index contributed by atoms with van der Waals surface area (Å²) in [4.78, 5) is 0. The molecule has 2 N–H and O–H groups in total. The van der Waals surface area contributed by atoms with Crippen molar-refractivity contribution in [2.24, 2.45) is 5.92 Å². The van der Waals surface area contributed by atoms with Gasteiger partial charge >= 0.3 is 0 Å². The number of ether oxygens (including phenoxy) is 1. The normalized spacial score (nSPS) is 23.5. The van der Waals surface area contributed by atoms with E-state index in [1.54, 1.807) is 0 Å². The van der Waals surface area contributed by atoms with Crippen LogP contribution in [0.2, 0.25) is 0 Å². The molecule has 0 saturated carbocycles. The highest BCUT2D eigenvalue weighted by molar-refractivity contribution is 5.97. The third kappa shape index (κ3) is 4.69. The molecular weight excluding hydrogens is 578 g/mol. The highest BCUT2D eigenvalue weighted by Crippen LogP contribution is 2.48. The van der Waals surface area contributed by atoms with Crippen LogP contribution in [-0.4, -0.2) is 23.8 Å². The number of nitrogens with one attached hydrogen (secondary N) is 2. The topological polar surface area (TPSA) is 51.4 Å². The minimum atomic E-state index is 0.0302. The Kier molecular flexibility index (Phi) is 7.45. The maximum Gasteiger partial charge on any atom is 0.209 e. The molecule has 0 spiro atoms. The molecule has 2 aliphatic heterocycles. The lowest BCUT2D eigenvalue weighted by Gasteiger charge is -2.31. The largest absolute Gasteiger partial charge is 0.474 e. The second-order valence-electron chi connectivity index (χ2n) is 12.9. The molecule has 0 saturated heterocycles. The molecule has 236 valence electrons. The van der Waals surface area contributed by atoms with Gasteiger partial charge in [-0.1, -0.05) is 73.2 Å². The number of hydrogen-bond donors (Lipinski definition) is 2. The highest BCUT2D eigenvalue weighted by atomic mass is 16.5. The Bertz CT molecular complexity index is 2080. The zero-order valence-corrected chi connectivity index (χ0v) is 27.3. The van der Waals surface area contributed by atoms with Crippen molar-refractivity contribution < 1.29 is 9.15 Å². The Morgan fingerprint density at radius 3 is 2.77 bits per heavy atom. The van der Waals surface area contributed by atoms with Crippen molar-refractivity contribution in [2.45, 2.75) is 58.5 Å². The van der Waals surface area contributed by atoms with E-state index in [1.807, 2.05) is 19.1 Å². The molecular formula is C42H41N3O2. The highest BCUT2D eigenvalue weighted by Gasteiger charge is 2.39. The summed E-state index contributed by atoms with van der Waals surface area (Å²) in [6.45, 7) is 10.5. The van der Waals surface area contributed by atoms with Crippen LogP contribution < -0.4 is 15.4 Å². The molecule has 2 atom stereocenters. The fourth-order valence-electron chi connectivity index (χ4n) is 7.99. The van der Waals surface area contributed by atoms with Gasteiger partial charge in [0, 0.05) is 35.2 Å². The Hall–Kier alpha value is -5.08. The zero-order valence-electron chi connectivity index (χ0n) is 27.3. The van der Waals surface area contributed by atoms with Crippen LogP contribution >= 0.6 is 0 Å². The maximum atomic E-state index is 7.15. The smallest absolute Gasteiger partial charge is 0.209 e. The Balaban J connectivity index is 1.34. The van der Waals surface area contributed by atoms with Crippen LogP contribution in [0.5, 0.6) is 5.88 Å². The maximum absolute atomic E-state index is 7.15. The fraction of sp³-hybridized carbons (Fsp3) is 0.286. The van der Waals surface area contributed by atoms with Crippen molar-refractivity contribution in [1.82, 2.24) is 15.2 Å². The number of para-hydroxylation sites is 1. The van der Waals surface area contributed by atoms with E-state index in [-0.39, 0.29) is 12.0 Å². The molecule has 2 aromatic heterocycles.